The quantitative estimate of drug-likeness (QED) is 0.275. The number of nitrogens with zero attached hydrogens (tertiary/aromatic N) is 5. The highest BCUT2D eigenvalue weighted by Crippen LogP contribution is 2.47. The van der Waals surface area contributed by atoms with Crippen molar-refractivity contribution in [1.29, 1.82) is 0 Å². The van der Waals surface area contributed by atoms with E-state index in [9.17, 15) is 0 Å². The monoisotopic (exact) mass is 546 g/mol. The number of pyridine rings is 1. The van der Waals surface area contributed by atoms with E-state index in [4.69, 9.17) is 26.3 Å². The van der Waals surface area contributed by atoms with E-state index in [1.54, 1.807) is 20.4 Å². The molecular weight excluding hydrogens is 512 g/mol. The van der Waals surface area contributed by atoms with Crippen molar-refractivity contribution in [3.05, 3.63) is 53.3 Å². The van der Waals surface area contributed by atoms with E-state index in [0.717, 1.165) is 48.8 Å². The number of nitrogens with one attached hydrogen (secondary N) is 3. The Bertz CT molecular complexity index is 1450. The van der Waals surface area contributed by atoms with Gasteiger partial charge in [-0.25, -0.2) is 15.0 Å². The van der Waals surface area contributed by atoms with Crippen LogP contribution in [0.4, 0.5) is 11.6 Å². The molecule has 2 fully saturated rings. The number of halogens is 1. The summed E-state index contributed by atoms with van der Waals surface area (Å²) in [4.78, 5) is 16.3. The lowest BCUT2D eigenvalue weighted by molar-refractivity contribution is 0.163. The lowest BCUT2D eigenvalue weighted by atomic mass is 9.73. The number of hydrogen-bond acceptors (Lipinski definition) is 8. The number of aromatic nitrogens is 5. The minimum absolute atomic E-state index is 0.300. The van der Waals surface area contributed by atoms with Gasteiger partial charge < -0.3 is 20.3 Å². The minimum Gasteiger partial charge on any atom is -0.497 e. The molecule has 1 aromatic carbocycles. The molecule has 1 aliphatic heterocycles. The smallest absolute Gasteiger partial charge is 0.202 e. The molecule has 2 atom stereocenters. The zero-order chi connectivity index (χ0) is 27.0. The number of aromatic amines is 1. The van der Waals surface area contributed by atoms with Crippen LogP contribution < -0.4 is 20.3 Å². The van der Waals surface area contributed by atoms with Crippen LogP contribution >= 0.6 is 11.6 Å². The third-order valence-electron chi connectivity index (χ3n) is 8.70. The average molecular weight is 547 g/mol. The van der Waals surface area contributed by atoms with Gasteiger partial charge in [-0.05, 0) is 61.8 Å². The Hall–Kier alpha value is -3.43. The maximum atomic E-state index is 6.56. The van der Waals surface area contributed by atoms with Crippen molar-refractivity contribution in [2.45, 2.75) is 51.1 Å². The lowest BCUT2D eigenvalue weighted by Gasteiger charge is -2.44. The molecule has 4 heterocycles. The van der Waals surface area contributed by atoms with Crippen molar-refractivity contribution in [2.75, 3.05) is 37.5 Å². The summed E-state index contributed by atoms with van der Waals surface area (Å²) in [5.41, 5.74) is 4.47. The summed E-state index contributed by atoms with van der Waals surface area (Å²) in [5, 5.41) is 15.1. The molecule has 3 N–H and O–H groups in total. The third kappa shape index (κ3) is 4.78. The number of fused-ring (bicyclic) bond motifs is 1. The van der Waals surface area contributed by atoms with E-state index in [2.05, 4.69) is 49.8 Å². The van der Waals surface area contributed by atoms with Crippen molar-refractivity contribution in [1.82, 2.24) is 30.5 Å². The number of benzene rings is 1. The molecule has 1 unspecified atom stereocenters. The van der Waals surface area contributed by atoms with Crippen LogP contribution in [0.25, 0.3) is 22.4 Å². The molecule has 0 amide bonds. The summed E-state index contributed by atoms with van der Waals surface area (Å²) in [7, 11) is 3.50. The van der Waals surface area contributed by atoms with Gasteiger partial charge in [0, 0.05) is 44.0 Å². The Labute approximate surface area is 233 Å². The van der Waals surface area contributed by atoms with E-state index < -0.39 is 0 Å². The molecule has 3 aromatic heterocycles. The van der Waals surface area contributed by atoms with E-state index in [1.165, 1.54) is 24.8 Å². The van der Waals surface area contributed by atoms with Crippen molar-refractivity contribution < 1.29 is 4.74 Å². The summed E-state index contributed by atoms with van der Waals surface area (Å²) < 4.78 is 5.33. The van der Waals surface area contributed by atoms with E-state index in [0.29, 0.717) is 39.5 Å². The SMILES string of the molecule is CNc1nccc(-c2[nH]nc3nc(N4CCC5(CCC[C@H]5NC(C)c5ccc(OC)cc5)CC4)cnc23)c1Cl. The van der Waals surface area contributed by atoms with Crippen molar-refractivity contribution in [2.24, 2.45) is 5.41 Å². The highest BCUT2D eigenvalue weighted by Gasteiger charge is 2.45. The van der Waals surface area contributed by atoms with Gasteiger partial charge in [-0.3, -0.25) is 5.10 Å². The number of hydrogen-bond donors (Lipinski definition) is 3. The molecule has 4 aromatic rings. The number of anilines is 2. The molecule has 0 radical (unpaired) electrons. The Morgan fingerprint density at radius 3 is 2.67 bits per heavy atom. The van der Waals surface area contributed by atoms with Gasteiger partial charge >= 0.3 is 0 Å². The van der Waals surface area contributed by atoms with E-state index in [1.807, 2.05) is 24.4 Å². The van der Waals surface area contributed by atoms with Crippen LogP contribution in [0.2, 0.25) is 5.02 Å². The average Bonchev–Trinajstić information content (AvgIpc) is 3.57. The summed E-state index contributed by atoms with van der Waals surface area (Å²) >= 11 is 6.56. The zero-order valence-corrected chi connectivity index (χ0v) is 23.4. The number of rotatable bonds is 7. The molecular formula is C29H35ClN8O. The molecule has 1 saturated carbocycles. The molecule has 1 spiro atoms. The fourth-order valence-electron chi connectivity index (χ4n) is 6.41. The maximum absolute atomic E-state index is 6.56. The highest BCUT2D eigenvalue weighted by atomic mass is 35.5. The van der Waals surface area contributed by atoms with Crippen LogP contribution in [0.1, 0.15) is 50.6 Å². The Balaban J connectivity index is 1.15. The van der Waals surface area contributed by atoms with Crippen LogP contribution in [-0.4, -0.2) is 58.4 Å². The lowest BCUT2D eigenvalue weighted by Crippen LogP contribution is -2.49. The number of methoxy groups -OCH3 is 1. The fraction of sp³-hybridized carbons (Fsp3) is 0.448. The van der Waals surface area contributed by atoms with Crippen molar-refractivity contribution in [3.63, 3.8) is 0 Å². The molecule has 0 bridgehead atoms. The Kier molecular flexibility index (Phi) is 7.03. The van der Waals surface area contributed by atoms with Gasteiger partial charge in [0.15, 0.2) is 0 Å². The Morgan fingerprint density at radius 1 is 1.13 bits per heavy atom. The Morgan fingerprint density at radius 2 is 1.92 bits per heavy atom. The van der Waals surface area contributed by atoms with Crippen LogP contribution in [-0.2, 0) is 0 Å². The topological polar surface area (TPSA) is 104 Å². The summed E-state index contributed by atoms with van der Waals surface area (Å²) in [6.07, 6.45) is 9.66. The standard InChI is InChI=1S/C29H35ClN8O/c1-18(19-6-8-20(39-3)9-7-19)34-22-5-4-11-29(22)12-15-38(16-13-29)23-17-33-26-25(36-37-28(26)35-23)21-10-14-32-27(31-2)24(21)30/h6-10,14,17-18,22,34H,4-5,11-13,15-16H2,1-3H3,(H,31,32)(H,35,36,37)/t18?,22-/m1/s1. The molecule has 1 saturated heterocycles. The van der Waals surface area contributed by atoms with Gasteiger partial charge in [0.05, 0.1) is 24.0 Å². The normalized spacial score (nSPS) is 19.5. The number of ether oxygens (including phenoxy) is 1. The second-order valence-corrected chi connectivity index (χ2v) is 11.1. The van der Waals surface area contributed by atoms with Gasteiger partial charge in [0.1, 0.15) is 22.9 Å². The van der Waals surface area contributed by atoms with Gasteiger partial charge in [0.2, 0.25) is 5.65 Å². The first-order chi connectivity index (χ1) is 19.0. The van der Waals surface area contributed by atoms with Crippen molar-refractivity contribution in [3.8, 4) is 17.0 Å². The van der Waals surface area contributed by atoms with Crippen LogP contribution in [0.15, 0.2) is 42.7 Å². The zero-order valence-electron chi connectivity index (χ0n) is 22.7. The van der Waals surface area contributed by atoms with Gasteiger partial charge in [-0.1, -0.05) is 30.2 Å². The molecule has 6 rings (SSSR count). The molecule has 9 nitrogen and oxygen atoms in total. The van der Waals surface area contributed by atoms with Crippen LogP contribution in [0, 0.1) is 5.41 Å². The maximum Gasteiger partial charge on any atom is 0.202 e. The molecule has 2 aliphatic rings. The van der Waals surface area contributed by atoms with Gasteiger partial charge in [-0.2, -0.15) is 5.10 Å². The van der Waals surface area contributed by atoms with Crippen LogP contribution in [0.3, 0.4) is 0 Å². The second kappa shape index (κ2) is 10.6. The molecule has 1 aliphatic carbocycles. The highest BCUT2D eigenvalue weighted by molar-refractivity contribution is 6.35. The molecule has 204 valence electrons. The summed E-state index contributed by atoms with van der Waals surface area (Å²) in [6.45, 7) is 4.20. The minimum atomic E-state index is 0.300. The van der Waals surface area contributed by atoms with Gasteiger partial charge in [-0.15, -0.1) is 0 Å². The second-order valence-electron chi connectivity index (χ2n) is 10.7. The van der Waals surface area contributed by atoms with E-state index in [-0.39, 0.29) is 0 Å². The summed E-state index contributed by atoms with van der Waals surface area (Å²) in [5.74, 6) is 2.38. The number of H-pyrrole nitrogens is 1. The number of piperidine rings is 1. The first-order valence-corrected chi connectivity index (χ1v) is 14.1. The first-order valence-electron chi connectivity index (χ1n) is 13.7. The fourth-order valence-corrected chi connectivity index (χ4v) is 6.71. The first kappa shape index (κ1) is 25.8. The largest absolute Gasteiger partial charge is 0.497 e. The van der Waals surface area contributed by atoms with Crippen molar-refractivity contribution >= 4 is 34.4 Å². The predicted molar refractivity (Wildman–Crippen MR) is 156 cm³/mol. The predicted octanol–water partition coefficient (Wildman–Crippen LogP) is 5.61. The molecule has 10 heteroatoms. The van der Waals surface area contributed by atoms with E-state index >= 15 is 0 Å². The summed E-state index contributed by atoms with van der Waals surface area (Å²) in [6, 6.07) is 11.1. The molecule has 39 heavy (non-hydrogen) atoms. The van der Waals surface area contributed by atoms with Crippen LogP contribution in [0.5, 0.6) is 5.75 Å². The van der Waals surface area contributed by atoms with Gasteiger partial charge in [0.25, 0.3) is 0 Å². The third-order valence-corrected chi connectivity index (χ3v) is 9.09.